The Balaban J connectivity index is 2.32. The normalized spacial score (nSPS) is 20.7. The Bertz CT molecular complexity index is 530. The molecule has 1 N–H and O–H groups in total. The minimum absolute atomic E-state index is 0.0524. The molecule has 0 bridgehead atoms. The van der Waals surface area contributed by atoms with Gasteiger partial charge in [0, 0.05) is 24.7 Å². The van der Waals surface area contributed by atoms with E-state index in [1.165, 1.54) is 0 Å². The molecule has 1 aliphatic heterocycles. The Morgan fingerprint density at radius 1 is 1.43 bits per heavy atom. The zero-order chi connectivity index (χ0) is 15.4. The first kappa shape index (κ1) is 15.4. The van der Waals surface area contributed by atoms with Gasteiger partial charge in [-0.15, -0.1) is 0 Å². The molecular formula is C16H22N2O3. The van der Waals surface area contributed by atoms with Crippen molar-refractivity contribution < 1.29 is 14.3 Å². The summed E-state index contributed by atoms with van der Waals surface area (Å²) >= 11 is 0. The molecule has 1 aliphatic rings. The summed E-state index contributed by atoms with van der Waals surface area (Å²) < 4.78 is 5.21. The summed E-state index contributed by atoms with van der Waals surface area (Å²) in [5.74, 6) is 0.680. The van der Waals surface area contributed by atoms with E-state index in [0.29, 0.717) is 18.7 Å². The van der Waals surface area contributed by atoms with Crippen molar-refractivity contribution in [2.75, 3.05) is 18.6 Å². The molecule has 0 aliphatic carbocycles. The highest BCUT2D eigenvalue weighted by molar-refractivity contribution is 6.01. The second-order valence-corrected chi connectivity index (χ2v) is 5.37. The van der Waals surface area contributed by atoms with Crippen LogP contribution in [-0.4, -0.2) is 31.5 Å². The van der Waals surface area contributed by atoms with E-state index in [-0.39, 0.29) is 17.7 Å². The van der Waals surface area contributed by atoms with E-state index in [4.69, 9.17) is 4.74 Å². The van der Waals surface area contributed by atoms with E-state index < -0.39 is 6.04 Å². The quantitative estimate of drug-likeness (QED) is 0.922. The fourth-order valence-corrected chi connectivity index (χ4v) is 2.45. The average molecular weight is 290 g/mol. The van der Waals surface area contributed by atoms with Crippen molar-refractivity contribution in [3.8, 4) is 5.75 Å². The second kappa shape index (κ2) is 6.61. The lowest BCUT2D eigenvalue weighted by Gasteiger charge is -2.27. The molecule has 0 saturated carbocycles. The number of hydrogen-bond acceptors (Lipinski definition) is 3. The van der Waals surface area contributed by atoms with Gasteiger partial charge in [-0.1, -0.05) is 26.3 Å². The molecule has 0 aromatic heterocycles. The standard InChI is InChI=1S/C16H22N2O3/c1-4-11(2)15-16(20)18(9-8-14(19)17-15)12-6-5-7-13(10-12)21-3/h5-7,10-11,15H,4,8-9H2,1-3H3,(H,17,19). The van der Waals surface area contributed by atoms with Gasteiger partial charge in [-0.3, -0.25) is 9.59 Å². The molecule has 2 amide bonds. The van der Waals surface area contributed by atoms with Gasteiger partial charge >= 0.3 is 0 Å². The first-order chi connectivity index (χ1) is 10.1. The summed E-state index contributed by atoms with van der Waals surface area (Å²) in [4.78, 5) is 26.3. The van der Waals surface area contributed by atoms with Crippen molar-refractivity contribution in [2.45, 2.75) is 32.7 Å². The van der Waals surface area contributed by atoms with Crippen molar-refractivity contribution in [1.29, 1.82) is 0 Å². The minimum atomic E-state index is -0.462. The lowest BCUT2D eigenvalue weighted by molar-refractivity contribution is -0.126. The first-order valence-electron chi connectivity index (χ1n) is 7.31. The number of hydrogen-bond donors (Lipinski definition) is 1. The molecule has 0 radical (unpaired) electrons. The van der Waals surface area contributed by atoms with Crippen LogP contribution in [0.5, 0.6) is 5.75 Å². The van der Waals surface area contributed by atoms with Crippen molar-refractivity contribution >= 4 is 17.5 Å². The molecule has 5 heteroatoms. The molecule has 21 heavy (non-hydrogen) atoms. The van der Waals surface area contributed by atoms with Gasteiger partial charge in [-0.25, -0.2) is 0 Å². The Morgan fingerprint density at radius 2 is 2.19 bits per heavy atom. The van der Waals surface area contributed by atoms with Crippen molar-refractivity contribution in [2.24, 2.45) is 5.92 Å². The smallest absolute Gasteiger partial charge is 0.249 e. The van der Waals surface area contributed by atoms with Gasteiger partial charge in [0.15, 0.2) is 0 Å². The lowest BCUT2D eigenvalue weighted by Crippen LogP contribution is -2.48. The van der Waals surface area contributed by atoms with Crippen molar-refractivity contribution in [3.63, 3.8) is 0 Å². The van der Waals surface area contributed by atoms with E-state index in [1.54, 1.807) is 12.0 Å². The maximum atomic E-state index is 12.8. The summed E-state index contributed by atoms with van der Waals surface area (Å²) in [5, 5.41) is 2.85. The van der Waals surface area contributed by atoms with Crippen LogP contribution in [0.4, 0.5) is 5.69 Å². The zero-order valence-corrected chi connectivity index (χ0v) is 12.8. The van der Waals surface area contributed by atoms with Crippen LogP contribution in [0, 0.1) is 5.92 Å². The van der Waals surface area contributed by atoms with Crippen LogP contribution in [-0.2, 0) is 9.59 Å². The molecule has 1 saturated heterocycles. The van der Waals surface area contributed by atoms with Crippen LogP contribution in [0.25, 0.3) is 0 Å². The van der Waals surface area contributed by atoms with Gasteiger partial charge in [0.2, 0.25) is 11.8 Å². The number of anilines is 1. The third-order valence-electron chi connectivity index (χ3n) is 3.99. The third-order valence-corrected chi connectivity index (χ3v) is 3.99. The largest absolute Gasteiger partial charge is 0.497 e. The number of ether oxygens (including phenoxy) is 1. The predicted octanol–water partition coefficient (Wildman–Crippen LogP) is 1.96. The maximum absolute atomic E-state index is 12.8. The first-order valence-corrected chi connectivity index (χ1v) is 7.31. The highest BCUT2D eigenvalue weighted by Gasteiger charge is 2.33. The van der Waals surface area contributed by atoms with Crippen LogP contribution in [0.15, 0.2) is 24.3 Å². The summed E-state index contributed by atoms with van der Waals surface area (Å²) in [6.45, 7) is 4.40. The number of benzene rings is 1. The Kier molecular flexibility index (Phi) is 4.83. The van der Waals surface area contributed by atoms with E-state index in [0.717, 1.165) is 12.1 Å². The summed E-state index contributed by atoms with van der Waals surface area (Å²) in [6.07, 6.45) is 1.15. The van der Waals surface area contributed by atoms with Gasteiger partial charge in [-0.05, 0) is 18.1 Å². The maximum Gasteiger partial charge on any atom is 0.249 e. The fourth-order valence-electron chi connectivity index (χ4n) is 2.45. The van der Waals surface area contributed by atoms with Crippen LogP contribution in [0.2, 0.25) is 0 Å². The third kappa shape index (κ3) is 3.35. The zero-order valence-electron chi connectivity index (χ0n) is 12.8. The summed E-state index contributed by atoms with van der Waals surface area (Å²) in [5.41, 5.74) is 0.768. The number of methoxy groups -OCH3 is 1. The average Bonchev–Trinajstić information content (AvgIpc) is 2.66. The second-order valence-electron chi connectivity index (χ2n) is 5.37. The minimum Gasteiger partial charge on any atom is -0.497 e. The highest BCUT2D eigenvalue weighted by atomic mass is 16.5. The van der Waals surface area contributed by atoms with E-state index in [1.807, 2.05) is 38.1 Å². The van der Waals surface area contributed by atoms with Gasteiger partial charge in [0.25, 0.3) is 0 Å². The number of amides is 2. The highest BCUT2D eigenvalue weighted by Crippen LogP contribution is 2.24. The molecule has 1 fully saturated rings. The Morgan fingerprint density at radius 3 is 2.86 bits per heavy atom. The van der Waals surface area contributed by atoms with Gasteiger partial charge < -0.3 is 15.0 Å². The number of rotatable bonds is 4. The Hall–Kier alpha value is -2.04. The lowest BCUT2D eigenvalue weighted by atomic mass is 9.98. The molecular weight excluding hydrogens is 268 g/mol. The topological polar surface area (TPSA) is 58.6 Å². The molecule has 2 rings (SSSR count). The fraction of sp³-hybridized carbons (Fsp3) is 0.500. The van der Waals surface area contributed by atoms with Crippen LogP contribution >= 0.6 is 0 Å². The van der Waals surface area contributed by atoms with E-state index in [2.05, 4.69) is 5.32 Å². The van der Waals surface area contributed by atoms with Crippen LogP contribution < -0.4 is 15.0 Å². The molecule has 2 unspecified atom stereocenters. The monoisotopic (exact) mass is 290 g/mol. The Labute approximate surface area is 125 Å². The predicted molar refractivity (Wildman–Crippen MR) is 81.3 cm³/mol. The van der Waals surface area contributed by atoms with Crippen molar-refractivity contribution in [3.05, 3.63) is 24.3 Å². The summed E-state index contributed by atoms with van der Waals surface area (Å²) in [7, 11) is 1.59. The van der Waals surface area contributed by atoms with Crippen LogP contribution in [0.3, 0.4) is 0 Å². The van der Waals surface area contributed by atoms with Gasteiger partial charge in [0.1, 0.15) is 11.8 Å². The molecule has 1 heterocycles. The van der Waals surface area contributed by atoms with Gasteiger partial charge in [-0.2, -0.15) is 0 Å². The van der Waals surface area contributed by atoms with E-state index >= 15 is 0 Å². The number of nitrogens with one attached hydrogen (secondary N) is 1. The molecule has 1 aromatic rings. The van der Waals surface area contributed by atoms with E-state index in [9.17, 15) is 9.59 Å². The SMILES string of the molecule is CCC(C)C1NC(=O)CCN(c2cccc(OC)c2)C1=O. The number of nitrogens with zero attached hydrogens (tertiary/aromatic N) is 1. The summed E-state index contributed by atoms with van der Waals surface area (Å²) in [6, 6.07) is 6.91. The van der Waals surface area contributed by atoms with Gasteiger partial charge in [0.05, 0.1) is 7.11 Å². The van der Waals surface area contributed by atoms with Crippen molar-refractivity contribution in [1.82, 2.24) is 5.32 Å². The molecule has 0 spiro atoms. The number of carbonyl (C=O) groups excluding carboxylic acids is 2. The molecule has 5 nitrogen and oxygen atoms in total. The number of carbonyl (C=O) groups is 2. The molecule has 114 valence electrons. The molecule has 2 atom stereocenters. The van der Waals surface area contributed by atoms with Crippen LogP contribution in [0.1, 0.15) is 26.7 Å². The molecule has 1 aromatic carbocycles.